The SMILES string of the molecule is CCCCOCCOCC(=O)N1CCC(n2c(C)nc3ccc(F)cc32)CC1. The fraction of sp³-hybridized carbons (Fsp3) is 0.619. The quantitative estimate of drug-likeness (QED) is 0.614. The van der Waals surface area contributed by atoms with E-state index in [1.807, 2.05) is 11.8 Å². The first-order valence-electron chi connectivity index (χ1n) is 10.2. The van der Waals surface area contributed by atoms with E-state index >= 15 is 0 Å². The number of aryl methyl sites for hydroxylation is 1. The Morgan fingerprint density at radius 2 is 1.96 bits per heavy atom. The van der Waals surface area contributed by atoms with Crippen molar-refractivity contribution in [3.05, 3.63) is 29.8 Å². The molecule has 2 aromatic rings. The first-order valence-corrected chi connectivity index (χ1v) is 10.2. The van der Waals surface area contributed by atoms with E-state index in [1.54, 1.807) is 12.1 Å². The van der Waals surface area contributed by atoms with Crippen LogP contribution in [0.15, 0.2) is 18.2 Å². The third-order valence-electron chi connectivity index (χ3n) is 5.25. The number of carbonyl (C=O) groups excluding carboxylic acids is 1. The number of carbonyl (C=O) groups is 1. The van der Waals surface area contributed by atoms with Crippen LogP contribution in [0.1, 0.15) is 44.5 Å². The zero-order valence-corrected chi connectivity index (χ0v) is 16.8. The fourth-order valence-electron chi connectivity index (χ4n) is 3.74. The molecule has 1 aromatic carbocycles. The van der Waals surface area contributed by atoms with Gasteiger partial charge in [-0.25, -0.2) is 9.37 Å². The van der Waals surface area contributed by atoms with Crippen LogP contribution < -0.4 is 0 Å². The number of ether oxygens (including phenoxy) is 2. The Bertz CT molecular complexity index is 785. The first kappa shape index (κ1) is 20.7. The van der Waals surface area contributed by atoms with Crippen LogP contribution in [0.3, 0.4) is 0 Å². The Morgan fingerprint density at radius 1 is 1.21 bits per heavy atom. The van der Waals surface area contributed by atoms with Crippen molar-refractivity contribution in [1.82, 2.24) is 14.5 Å². The highest BCUT2D eigenvalue weighted by Crippen LogP contribution is 2.29. The maximum atomic E-state index is 13.7. The Balaban J connectivity index is 1.46. The Hall–Kier alpha value is -1.99. The lowest BCUT2D eigenvalue weighted by atomic mass is 10.0. The molecule has 7 heteroatoms. The normalized spacial score (nSPS) is 15.5. The van der Waals surface area contributed by atoms with Gasteiger partial charge in [0.25, 0.3) is 0 Å². The average molecular weight is 391 g/mol. The highest BCUT2D eigenvalue weighted by atomic mass is 19.1. The lowest BCUT2D eigenvalue weighted by molar-refractivity contribution is -0.137. The van der Waals surface area contributed by atoms with Gasteiger partial charge in [0.1, 0.15) is 18.2 Å². The van der Waals surface area contributed by atoms with Crippen molar-refractivity contribution in [2.75, 3.05) is 39.5 Å². The van der Waals surface area contributed by atoms with Gasteiger partial charge in [-0.15, -0.1) is 0 Å². The van der Waals surface area contributed by atoms with Crippen molar-refractivity contribution in [2.24, 2.45) is 0 Å². The molecule has 154 valence electrons. The van der Waals surface area contributed by atoms with Gasteiger partial charge in [0, 0.05) is 25.7 Å². The van der Waals surface area contributed by atoms with Crippen molar-refractivity contribution >= 4 is 16.9 Å². The largest absolute Gasteiger partial charge is 0.379 e. The lowest BCUT2D eigenvalue weighted by Gasteiger charge is -2.33. The summed E-state index contributed by atoms with van der Waals surface area (Å²) in [6.07, 6.45) is 3.81. The summed E-state index contributed by atoms with van der Waals surface area (Å²) >= 11 is 0. The smallest absolute Gasteiger partial charge is 0.248 e. The Kier molecular flexibility index (Phi) is 7.39. The first-order chi connectivity index (χ1) is 13.6. The summed E-state index contributed by atoms with van der Waals surface area (Å²) < 4.78 is 26.7. The van der Waals surface area contributed by atoms with Gasteiger partial charge in [0.15, 0.2) is 0 Å². The number of piperidine rings is 1. The number of halogens is 1. The zero-order valence-electron chi connectivity index (χ0n) is 16.8. The molecule has 0 saturated carbocycles. The Labute approximate surface area is 165 Å². The molecule has 0 unspecified atom stereocenters. The number of unbranched alkanes of at least 4 members (excludes halogenated alkanes) is 1. The summed E-state index contributed by atoms with van der Waals surface area (Å²) in [5, 5.41) is 0. The number of nitrogens with zero attached hydrogens (tertiary/aromatic N) is 3. The van der Waals surface area contributed by atoms with Crippen molar-refractivity contribution in [3.63, 3.8) is 0 Å². The van der Waals surface area contributed by atoms with E-state index in [0.717, 1.165) is 49.1 Å². The van der Waals surface area contributed by atoms with Gasteiger partial charge in [-0.1, -0.05) is 13.3 Å². The van der Waals surface area contributed by atoms with E-state index in [4.69, 9.17) is 9.47 Å². The van der Waals surface area contributed by atoms with Gasteiger partial charge in [-0.2, -0.15) is 0 Å². The van der Waals surface area contributed by atoms with Gasteiger partial charge >= 0.3 is 0 Å². The maximum Gasteiger partial charge on any atom is 0.248 e. The van der Waals surface area contributed by atoms with Gasteiger partial charge in [0.05, 0.1) is 24.2 Å². The highest BCUT2D eigenvalue weighted by molar-refractivity contribution is 5.78. The molecule has 6 nitrogen and oxygen atoms in total. The summed E-state index contributed by atoms with van der Waals surface area (Å²) in [7, 11) is 0. The second kappa shape index (κ2) is 9.98. The van der Waals surface area contributed by atoms with Crippen LogP contribution in [-0.4, -0.2) is 59.9 Å². The molecule has 1 saturated heterocycles. The Morgan fingerprint density at radius 3 is 2.71 bits per heavy atom. The van der Waals surface area contributed by atoms with E-state index < -0.39 is 0 Å². The molecular formula is C21H30FN3O3. The minimum absolute atomic E-state index is 0.0188. The number of likely N-dealkylation sites (tertiary alicyclic amines) is 1. The molecule has 0 bridgehead atoms. The van der Waals surface area contributed by atoms with Crippen LogP contribution >= 0.6 is 0 Å². The number of benzene rings is 1. The summed E-state index contributed by atoms with van der Waals surface area (Å²) in [6.45, 7) is 7.23. The third-order valence-corrected chi connectivity index (χ3v) is 5.25. The number of hydrogen-bond donors (Lipinski definition) is 0. The number of amides is 1. The molecule has 1 fully saturated rings. The van der Waals surface area contributed by atoms with Crippen LogP contribution in [-0.2, 0) is 14.3 Å². The lowest BCUT2D eigenvalue weighted by Crippen LogP contribution is -2.41. The van der Waals surface area contributed by atoms with E-state index in [1.165, 1.54) is 6.07 Å². The van der Waals surface area contributed by atoms with E-state index in [9.17, 15) is 9.18 Å². The van der Waals surface area contributed by atoms with Crippen LogP contribution in [0, 0.1) is 12.7 Å². The second-order valence-electron chi connectivity index (χ2n) is 7.29. The molecule has 3 rings (SSSR count). The number of aromatic nitrogens is 2. The second-order valence-corrected chi connectivity index (χ2v) is 7.29. The molecule has 0 atom stereocenters. The summed E-state index contributed by atoms with van der Waals surface area (Å²) in [5.74, 6) is 0.652. The molecule has 0 aliphatic carbocycles. The van der Waals surface area contributed by atoms with Crippen molar-refractivity contribution < 1.29 is 18.7 Å². The molecule has 1 aromatic heterocycles. The van der Waals surface area contributed by atoms with Crippen molar-refractivity contribution in [2.45, 2.75) is 45.6 Å². The van der Waals surface area contributed by atoms with Crippen molar-refractivity contribution in [1.29, 1.82) is 0 Å². The minimum atomic E-state index is -0.253. The molecule has 0 radical (unpaired) electrons. The molecule has 1 aliphatic rings. The topological polar surface area (TPSA) is 56.6 Å². The fourth-order valence-corrected chi connectivity index (χ4v) is 3.74. The molecular weight excluding hydrogens is 361 g/mol. The monoisotopic (exact) mass is 391 g/mol. The van der Waals surface area contributed by atoms with Crippen LogP contribution in [0.25, 0.3) is 11.0 Å². The van der Waals surface area contributed by atoms with E-state index in [0.29, 0.717) is 26.3 Å². The van der Waals surface area contributed by atoms with Crippen molar-refractivity contribution in [3.8, 4) is 0 Å². The number of rotatable bonds is 9. The zero-order chi connectivity index (χ0) is 19.9. The number of imidazole rings is 1. The van der Waals surface area contributed by atoms with Gasteiger partial charge < -0.3 is 18.9 Å². The maximum absolute atomic E-state index is 13.7. The molecule has 0 N–H and O–H groups in total. The minimum Gasteiger partial charge on any atom is -0.379 e. The number of hydrogen-bond acceptors (Lipinski definition) is 4. The van der Waals surface area contributed by atoms with Gasteiger partial charge in [-0.3, -0.25) is 4.79 Å². The predicted octanol–water partition coefficient (Wildman–Crippen LogP) is 3.48. The average Bonchev–Trinajstić information content (AvgIpc) is 3.02. The molecule has 1 amide bonds. The summed E-state index contributed by atoms with van der Waals surface area (Å²) in [4.78, 5) is 18.7. The van der Waals surface area contributed by atoms with Crippen LogP contribution in [0.4, 0.5) is 4.39 Å². The summed E-state index contributed by atoms with van der Waals surface area (Å²) in [6, 6.07) is 4.93. The summed E-state index contributed by atoms with van der Waals surface area (Å²) in [5.41, 5.74) is 1.64. The standard InChI is InChI=1S/C21H30FN3O3/c1-3-4-11-27-12-13-28-15-21(26)24-9-7-18(8-10-24)25-16(2)23-19-6-5-17(22)14-20(19)25/h5-6,14,18H,3-4,7-13,15H2,1-2H3. The highest BCUT2D eigenvalue weighted by Gasteiger charge is 2.26. The van der Waals surface area contributed by atoms with Gasteiger partial charge in [-0.05, 0) is 44.4 Å². The third kappa shape index (κ3) is 5.08. The molecule has 0 spiro atoms. The van der Waals surface area contributed by atoms with Gasteiger partial charge in [0.2, 0.25) is 5.91 Å². The van der Waals surface area contributed by atoms with E-state index in [-0.39, 0.29) is 24.4 Å². The van der Waals surface area contributed by atoms with E-state index in [2.05, 4.69) is 16.5 Å². The predicted molar refractivity (Wildman–Crippen MR) is 106 cm³/mol. The number of fused-ring (bicyclic) bond motifs is 1. The molecule has 2 heterocycles. The van der Waals surface area contributed by atoms with Crippen LogP contribution in [0.2, 0.25) is 0 Å². The molecule has 1 aliphatic heterocycles. The molecule has 28 heavy (non-hydrogen) atoms. The van der Waals surface area contributed by atoms with Crippen LogP contribution in [0.5, 0.6) is 0 Å².